The third-order valence-electron chi connectivity index (χ3n) is 5.29. The molecular weight excluding hydrogens is 336 g/mol. The van der Waals surface area contributed by atoms with Gasteiger partial charge in [0.2, 0.25) is 0 Å². The smallest absolute Gasteiger partial charge is 0.303 e. The van der Waals surface area contributed by atoms with Crippen LogP contribution >= 0.6 is 0 Å². The van der Waals surface area contributed by atoms with E-state index in [1.54, 1.807) is 0 Å². The number of rotatable bonds is 8. The van der Waals surface area contributed by atoms with E-state index in [1.807, 2.05) is 6.92 Å². The molecule has 2 fully saturated rings. The van der Waals surface area contributed by atoms with Gasteiger partial charge >= 0.3 is 5.97 Å². The van der Waals surface area contributed by atoms with Crippen LogP contribution in [0.15, 0.2) is 0 Å². The van der Waals surface area contributed by atoms with E-state index in [4.69, 9.17) is 9.47 Å². The molecule has 0 bridgehead atoms. The molecule has 0 spiro atoms. The van der Waals surface area contributed by atoms with Gasteiger partial charge in [-0.1, -0.05) is 12.8 Å². The van der Waals surface area contributed by atoms with Crippen molar-refractivity contribution in [1.82, 2.24) is 0 Å². The van der Waals surface area contributed by atoms with Crippen LogP contribution in [0.25, 0.3) is 0 Å². The van der Waals surface area contributed by atoms with Crippen LogP contribution < -0.4 is 0 Å². The second kappa shape index (κ2) is 10.9. The molecule has 2 rings (SSSR count). The largest absolute Gasteiger partial charge is 0.481 e. The average molecular weight is 368 g/mol. The van der Waals surface area contributed by atoms with Crippen LogP contribution in [0.2, 0.25) is 0 Å². The van der Waals surface area contributed by atoms with Crippen molar-refractivity contribution in [3.63, 3.8) is 0 Å². The molecule has 6 heteroatoms. The summed E-state index contributed by atoms with van der Waals surface area (Å²) >= 11 is 0. The van der Waals surface area contributed by atoms with Gasteiger partial charge in [0, 0.05) is 25.4 Å². The van der Waals surface area contributed by atoms with Gasteiger partial charge in [-0.15, -0.1) is 5.92 Å². The summed E-state index contributed by atoms with van der Waals surface area (Å²) in [6, 6.07) is 0. The highest BCUT2D eigenvalue weighted by Crippen LogP contribution is 2.41. The van der Waals surface area contributed by atoms with E-state index in [9.17, 15) is 20.1 Å². The van der Waals surface area contributed by atoms with Gasteiger partial charge in [0.05, 0.1) is 18.6 Å². The van der Waals surface area contributed by atoms with Crippen LogP contribution in [0.5, 0.6) is 0 Å². The fraction of sp³-hybridized carbons (Fsp3) is 0.850. The summed E-state index contributed by atoms with van der Waals surface area (Å²) in [5.41, 5.74) is 0. The molecule has 1 aliphatic carbocycles. The van der Waals surface area contributed by atoms with Crippen molar-refractivity contribution in [1.29, 1.82) is 0 Å². The number of hydrogen-bond acceptors (Lipinski definition) is 5. The first kappa shape index (κ1) is 21.2. The first-order valence-electron chi connectivity index (χ1n) is 9.84. The molecule has 1 saturated heterocycles. The fourth-order valence-electron chi connectivity index (χ4n) is 3.95. The maximum absolute atomic E-state index is 11.2. The Morgan fingerprint density at radius 1 is 1.35 bits per heavy atom. The van der Waals surface area contributed by atoms with Crippen molar-refractivity contribution in [2.75, 3.05) is 6.61 Å². The quantitative estimate of drug-likeness (QED) is 0.569. The maximum Gasteiger partial charge on any atom is 0.303 e. The average Bonchev–Trinajstić information content (AvgIpc) is 2.88. The topological polar surface area (TPSA) is 96.2 Å². The molecule has 3 N–H and O–H groups in total. The maximum atomic E-state index is 11.2. The SMILES string of the molecule is CCCC#CC(O)CCC1C(OC2CCCCO2)CC(O)C1CC(=O)O. The van der Waals surface area contributed by atoms with E-state index in [0.29, 0.717) is 25.9 Å². The summed E-state index contributed by atoms with van der Waals surface area (Å²) in [6.07, 6.45) is 4.03. The van der Waals surface area contributed by atoms with E-state index in [2.05, 4.69) is 11.8 Å². The molecule has 26 heavy (non-hydrogen) atoms. The normalized spacial score (nSPS) is 32.7. The molecule has 1 saturated carbocycles. The minimum Gasteiger partial charge on any atom is -0.481 e. The Bertz CT molecular complexity index is 490. The molecule has 1 aliphatic heterocycles. The minimum atomic E-state index is -0.920. The monoisotopic (exact) mass is 368 g/mol. The highest BCUT2D eigenvalue weighted by molar-refractivity contribution is 5.67. The van der Waals surface area contributed by atoms with Gasteiger partial charge in [-0.25, -0.2) is 0 Å². The molecular formula is C20H32O6. The van der Waals surface area contributed by atoms with Crippen molar-refractivity contribution in [2.45, 2.75) is 89.3 Å². The van der Waals surface area contributed by atoms with Crippen molar-refractivity contribution >= 4 is 5.97 Å². The van der Waals surface area contributed by atoms with Gasteiger partial charge in [-0.2, -0.15) is 0 Å². The summed E-state index contributed by atoms with van der Waals surface area (Å²) in [6.45, 7) is 2.71. The van der Waals surface area contributed by atoms with Gasteiger partial charge in [0.25, 0.3) is 0 Å². The van der Waals surface area contributed by atoms with Crippen LogP contribution in [-0.4, -0.2) is 52.5 Å². The molecule has 0 radical (unpaired) electrons. The lowest BCUT2D eigenvalue weighted by Crippen LogP contribution is -2.32. The number of carboxylic acids is 1. The van der Waals surface area contributed by atoms with Gasteiger partial charge in [0.1, 0.15) is 6.10 Å². The zero-order chi connectivity index (χ0) is 18.9. The molecule has 0 aromatic heterocycles. The Hall–Kier alpha value is -1.13. The zero-order valence-corrected chi connectivity index (χ0v) is 15.6. The Labute approximate surface area is 155 Å². The number of hydrogen-bond donors (Lipinski definition) is 3. The number of aliphatic hydroxyl groups excluding tert-OH is 2. The van der Waals surface area contributed by atoms with Crippen LogP contribution in [0.3, 0.4) is 0 Å². The molecule has 148 valence electrons. The van der Waals surface area contributed by atoms with E-state index < -0.39 is 18.2 Å². The number of unbranched alkanes of at least 4 members (excludes halogenated alkanes) is 1. The molecule has 0 aromatic carbocycles. The summed E-state index contributed by atoms with van der Waals surface area (Å²) in [7, 11) is 0. The molecule has 2 aliphatic rings. The van der Waals surface area contributed by atoms with Crippen molar-refractivity contribution in [3.05, 3.63) is 0 Å². The predicted molar refractivity (Wildman–Crippen MR) is 96.2 cm³/mol. The summed E-state index contributed by atoms with van der Waals surface area (Å²) in [5.74, 6) is 4.38. The van der Waals surface area contributed by atoms with Crippen molar-refractivity contribution in [3.8, 4) is 11.8 Å². The van der Waals surface area contributed by atoms with Gasteiger partial charge in [-0.05, 0) is 44.4 Å². The molecule has 1 heterocycles. The summed E-state index contributed by atoms with van der Waals surface area (Å²) in [5, 5.41) is 29.6. The second-order valence-electron chi connectivity index (χ2n) is 7.36. The van der Waals surface area contributed by atoms with E-state index in [-0.39, 0.29) is 30.7 Å². The first-order chi connectivity index (χ1) is 12.5. The molecule has 6 unspecified atom stereocenters. The van der Waals surface area contributed by atoms with Crippen LogP contribution in [0.1, 0.15) is 64.7 Å². The van der Waals surface area contributed by atoms with Crippen LogP contribution in [0.4, 0.5) is 0 Å². The number of carboxylic acid groups (broad SMARTS) is 1. The predicted octanol–water partition coefficient (Wildman–Crippen LogP) is 2.31. The zero-order valence-electron chi connectivity index (χ0n) is 15.6. The standard InChI is InChI=1S/C20H32O6/c1-2-3-4-7-14(21)9-10-15-16(12-19(23)24)17(22)13-18(15)26-20-8-5-6-11-25-20/h14-18,20-22H,2-3,5-6,8-13H2,1H3,(H,23,24). The molecule has 0 amide bonds. The van der Waals surface area contributed by atoms with Crippen LogP contribution in [0, 0.1) is 23.7 Å². The molecule has 6 nitrogen and oxygen atoms in total. The number of aliphatic carboxylic acids is 1. The Morgan fingerprint density at radius 3 is 2.81 bits per heavy atom. The Kier molecular flexibility index (Phi) is 8.86. The second-order valence-corrected chi connectivity index (χ2v) is 7.36. The lowest BCUT2D eigenvalue weighted by Gasteiger charge is -2.30. The van der Waals surface area contributed by atoms with Crippen molar-refractivity contribution < 1.29 is 29.6 Å². The Morgan fingerprint density at radius 2 is 2.15 bits per heavy atom. The number of ether oxygens (including phenoxy) is 2. The van der Waals surface area contributed by atoms with E-state index >= 15 is 0 Å². The van der Waals surface area contributed by atoms with E-state index in [1.165, 1.54) is 0 Å². The van der Waals surface area contributed by atoms with Gasteiger partial charge in [-0.3, -0.25) is 4.79 Å². The first-order valence-corrected chi connectivity index (χ1v) is 9.84. The lowest BCUT2D eigenvalue weighted by molar-refractivity contribution is -0.196. The third kappa shape index (κ3) is 6.55. The summed E-state index contributed by atoms with van der Waals surface area (Å²) in [4.78, 5) is 11.2. The van der Waals surface area contributed by atoms with Gasteiger partial charge < -0.3 is 24.8 Å². The van der Waals surface area contributed by atoms with Crippen molar-refractivity contribution in [2.24, 2.45) is 11.8 Å². The molecule has 0 aromatic rings. The van der Waals surface area contributed by atoms with Crippen LogP contribution in [-0.2, 0) is 14.3 Å². The number of carbonyl (C=O) groups is 1. The Balaban J connectivity index is 1.98. The van der Waals surface area contributed by atoms with Gasteiger partial charge in [0.15, 0.2) is 6.29 Å². The minimum absolute atomic E-state index is 0.0885. The summed E-state index contributed by atoms with van der Waals surface area (Å²) < 4.78 is 11.7. The lowest BCUT2D eigenvalue weighted by atomic mass is 9.86. The highest BCUT2D eigenvalue weighted by atomic mass is 16.7. The molecule has 6 atom stereocenters. The highest BCUT2D eigenvalue weighted by Gasteiger charge is 2.44. The number of aliphatic hydroxyl groups is 2. The fourth-order valence-corrected chi connectivity index (χ4v) is 3.95. The third-order valence-corrected chi connectivity index (χ3v) is 5.29. The van der Waals surface area contributed by atoms with E-state index in [0.717, 1.165) is 32.1 Å².